The summed E-state index contributed by atoms with van der Waals surface area (Å²) in [4.78, 5) is 22.7. The van der Waals surface area contributed by atoms with Crippen LogP contribution >= 0.6 is 11.6 Å². The first-order valence-corrected chi connectivity index (χ1v) is 13.4. The summed E-state index contributed by atoms with van der Waals surface area (Å²) >= 11 is 6.99. The predicted octanol–water partition coefficient (Wildman–Crippen LogP) is 3.98. The second-order valence-corrected chi connectivity index (χ2v) is 11.0. The van der Waals surface area contributed by atoms with Crippen LogP contribution in [0.4, 0.5) is 10.2 Å². The number of nitrogens with one attached hydrogen (secondary N) is 1. The number of hydrogen-bond acceptors (Lipinski definition) is 8. The summed E-state index contributed by atoms with van der Waals surface area (Å²) in [5.74, 6) is 0.422. The molecule has 2 aliphatic heterocycles. The number of imidazole rings is 1. The molecule has 0 spiro atoms. The molecule has 1 saturated heterocycles. The Bertz CT molecular complexity index is 1590. The Balaban J connectivity index is 1.44. The third kappa shape index (κ3) is 4.31. The Kier molecular flexibility index (Phi) is 6.66. The maximum atomic E-state index is 16.4. The van der Waals surface area contributed by atoms with Gasteiger partial charge in [-0.1, -0.05) is 23.7 Å². The minimum Gasteiger partial charge on any atom is -0.489 e. The van der Waals surface area contributed by atoms with Gasteiger partial charge in [-0.15, -0.1) is 0 Å². The number of aliphatic hydroxyl groups is 1. The van der Waals surface area contributed by atoms with Gasteiger partial charge in [-0.2, -0.15) is 0 Å². The van der Waals surface area contributed by atoms with Crippen molar-refractivity contribution >= 4 is 39.4 Å². The molecule has 9 nitrogen and oxygen atoms in total. The standard InChI is InChI=1S/C28H31ClFN7O2/c1-15-7-8-18-25(32-13-31-18)20(15)21-23(29)27-22-26(24(21)30)33-14-34-28(22)37-10-16(2)36(11-17(37)12-39-27)19(38)6-5-9-35(3)4/h5-8,13-14,16-17,19,38H,9-12H2,1-4H3,(H,31,32)/b6-5+/t16-,17+,19?/m1/s1. The lowest BCUT2D eigenvalue weighted by Gasteiger charge is -2.46. The average molecular weight is 552 g/mol. The lowest BCUT2D eigenvalue weighted by atomic mass is 9.96. The number of likely N-dealkylation sites (N-methyl/N-ethyl adjacent to an activating group) is 1. The molecule has 2 aliphatic rings. The lowest BCUT2D eigenvalue weighted by molar-refractivity contribution is -0.00597. The normalized spacial score (nSPS) is 20.6. The fraction of sp³-hybridized carbons (Fsp3) is 0.393. The van der Waals surface area contributed by atoms with Gasteiger partial charge in [0.05, 0.1) is 33.8 Å². The number of hydrogen-bond donors (Lipinski definition) is 2. The van der Waals surface area contributed by atoms with Gasteiger partial charge in [-0.05, 0) is 45.6 Å². The van der Waals surface area contributed by atoms with Crippen molar-refractivity contribution in [3.63, 3.8) is 0 Å². The van der Waals surface area contributed by atoms with Crippen molar-refractivity contribution in [3.05, 3.63) is 53.3 Å². The van der Waals surface area contributed by atoms with Crippen LogP contribution in [0.3, 0.4) is 0 Å². The smallest absolute Gasteiger partial charge is 0.159 e. The average Bonchev–Trinajstić information content (AvgIpc) is 3.32. The Labute approximate surface area is 230 Å². The lowest BCUT2D eigenvalue weighted by Crippen LogP contribution is -2.61. The maximum Gasteiger partial charge on any atom is 0.159 e. The van der Waals surface area contributed by atoms with Crippen LogP contribution in [0.2, 0.25) is 5.02 Å². The highest BCUT2D eigenvalue weighted by molar-refractivity contribution is 6.37. The number of fused-ring (bicyclic) bond motifs is 3. The van der Waals surface area contributed by atoms with Crippen LogP contribution in [0.25, 0.3) is 33.1 Å². The zero-order valence-electron chi connectivity index (χ0n) is 22.3. The van der Waals surface area contributed by atoms with Crippen LogP contribution in [-0.4, -0.2) is 93.5 Å². The molecule has 0 saturated carbocycles. The summed E-state index contributed by atoms with van der Waals surface area (Å²) in [6, 6.07) is 3.69. The first-order valence-electron chi connectivity index (χ1n) is 13.0. The first kappa shape index (κ1) is 25.9. The summed E-state index contributed by atoms with van der Waals surface area (Å²) in [6.45, 7) is 6.11. The minimum atomic E-state index is -0.733. The van der Waals surface area contributed by atoms with Crippen LogP contribution in [0.1, 0.15) is 12.5 Å². The molecule has 2 aromatic heterocycles. The number of aromatic amines is 1. The zero-order chi connectivity index (χ0) is 27.4. The molecular formula is C28H31ClFN7O2. The van der Waals surface area contributed by atoms with Gasteiger partial charge in [0.15, 0.2) is 11.6 Å². The van der Waals surface area contributed by atoms with E-state index >= 15 is 4.39 Å². The van der Waals surface area contributed by atoms with Crippen molar-refractivity contribution in [2.24, 2.45) is 0 Å². The van der Waals surface area contributed by atoms with Crippen LogP contribution in [0.15, 0.2) is 36.9 Å². The summed E-state index contributed by atoms with van der Waals surface area (Å²) < 4.78 is 22.8. The number of benzene rings is 2. The highest BCUT2D eigenvalue weighted by Crippen LogP contribution is 2.49. The van der Waals surface area contributed by atoms with E-state index in [4.69, 9.17) is 16.3 Å². The van der Waals surface area contributed by atoms with E-state index in [0.29, 0.717) is 47.7 Å². The Morgan fingerprint density at radius 3 is 2.85 bits per heavy atom. The maximum absolute atomic E-state index is 16.4. The van der Waals surface area contributed by atoms with E-state index in [1.165, 1.54) is 6.33 Å². The minimum absolute atomic E-state index is 0.00586. The van der Waals surface area contributed by atoms with Crippen LogP contribution in [-0.2, 0) is 0 Å². The number of aliphatic hydroxyl groups excluding tert-OH is 1. The Morgan fingerprint density at radius 2 is 2.05 bits per heavy atom. The number of aromatic nitrogens is 4. The van der Waals surface area contributed by atoms with E-state index in [1.807, 2.05) is 55.1 Å². The predicted molar refractivity (Wildman–Crippen MR) is 151 cm³/mol. The van der Waals surface area contributed by atoms with Gasteiger partial charge in [0, 0.05) is 36.8 Å². The first-order chi connectivity index (χ1) is 18.8. The van der Waals surface area contributed by atoms with Gasteiger partial charge in [0.2, 0.25) is 0 Å². The molecule has 204 valence electrons. The van der Waals surface area contributed by atoms with E-state index in [9.17, 15) is 5.11 Å². The summed E-state index contributed by atoms with van der Waals surface area (Å²) in [7, 11) is 3.97. The molecule has 1 fully saturated rings. The number of rotatable bonds is 5. The number of aryl methyl sites for hydroxylation is 1. The third-order valence-electron chi connectivity index (χ3n) is 7.65. The number of ether oxygens (including phenoxy) is 1. The number of H-pyrrole nitrogens is 1. The van der Waals surface area contributed by atoms with Crippen molar-refractivity contribution in [3.8, 4) is 16.9 Å². The summed E-state index contributed by atoms with van der Waals surface area (Å²) in [6.07, 6.45) is 6.02. The van der Waals surface area contributed by atoms with Crippen LogP contribution < -0.4 is 9.64 Å². The van der Waals surface area contributed by atoms with E-state index < -0.39 is 12.0 Å². The topological polar surface area (TPSA) is 93.6 Å². The van der Waals surface area contributed by atoms with E-state index in [1.54, 1.807) is 6.33 Å². The molecule has 1 unspecified atom stereocenters. The van der Waals surface area contributed by atoms with Gasteiger partial charge >= 0.3 is 0 Å². The van der Waals surface area contributed by atoms with Crippen LogP contribution in [0.5, 0.6) is 5.75 Å². The molecule has 0 bridgehead atoms. The summed E-state index contributed by atoms with van der Waals surface area (Å²) in [5, 5.41) is 11.6. The molecule has 39 heavy (non-hydrogen) atoms. The quantitative estimate of drug-likeness (QED) is 0.360. The molecule has 6 rings (SSSR count). The van der Waals surface area contributed by atoms with Gasteiger partial charge in [0.1, 0.15) is 30.5 Å². The fourth-order valence-electron chi connectivity index (χ4n) is 5.70. The molecule has 0 aliphatic carbocycles. The zero-order valence-corrected chi connectivity index (χ0v) is 23.1. The molecule has 2 aromatic carbocycles. The number of piperazine rings is 1. The second-order valence-electron chi connectivity index (χ2n) is 10.6. The van der Waals surface area contributed by atoms with E-state index in [2.05, 4.69) is 31.8 Å². The SMILES string of the molecule is Cc1ccc2[nH]cnc2c1-c1c(Cl)c2c3c(ncnc3c1F)N1C[C@@H](C)N(C(O)/C=C/CN(C)C)C[C@H]1CO2. The van der Waals surface area contributed by atoms with Crippen molar-refractivity contribution in [2.75, 3.05) is 45.2 Å². The Morgan fingerprint density at radius 1 is 1.23 bits per heavy atom. The largest absolute Gasteiger partial charge is 0.489 e. The molecule has 2 N–H and O–H groups in total. The van der Waals surface area contributed by atoms with Crippen LogP contribution in [0, 0.1) is 12.7 Å². The molecule has 0 amide bonds. The van der Waals surface area contributed by atoms with E-state index in [-0.39, 0.29) is 28.2 Å². The molecule has 4 heterocycles. The summed E-state index contributed by atoms with van der Waals surface area (Å²) in [5.41, 5.74) is 3.23. The van der Waals surface area contributed by atoms with Crippen molar-refractivity contribution < 1.29 is 14.2 Å². The van der Waals surface area contributed by atoms with Gasteiger partial charge < -0.3 is 24.6 Å². The molecular weight excluding hydrogens is 521 g/mol. The highest BCUT2D eigenvalue weighted by Gasteiger charge is 2.39. The molecule has 11 heteroatoms. The number of halogens is 2. The third-order valence-corrected chi connectivity index (χ3v) is 8.01. The molecule has 0 radical (unpaired) electrons. The van der Waals surface area contributed by atoms with Gasteiger partial charge in [-0.3, -0.25) is 4.90 Å². The molecule has 4 aromatic rings. The van der Waals surface area contributed by atoms with Gasteiger partial charge in [-0.25, -0.2) is 19.3 Å². The highest BCUT2D eigenvalue weighted by atomic mass is 35.5. The van der Waals surface area contributed by atoms with Gasteiger partial charge in [0.25, 0.3) is 0 Å². The van der Waals surface area contributed by atoms with E-state index in [0.717, 1.165) is 17.6 Å². The number of nitrogens with zero attached hydrogens (tertiary/aromatic N) is 6. The number of anilines is 1. The monoisotopic (exact) mass is 551 g/mol. The fourth-order valence-corrected chi connectivity index (χ4v) is 6.03. The Hall–Kier alpha value is -3.31. The second kappa shape index (κ2) is 10.0. The van der Waals surface area contributed by atoms with Crippen molar-refractivity contribution in [2.45, 2.75) is 32.2 Å². The molecule has 3 atom stereocenters. The van der Waals surface area contributed by atoms with Crippen molar-refractivity contribution in [1.29, 1.82) is 0 Å². The van der Waals surface area contributed by atoms with Crippen molar-refractivity contribution in [1.82, 2.24) is 29.7 Å².